The number of nitrogens with zero attached hydrogens (tertiary/aromatic N) is 3. The van der Waals surface area contributed by atoms with E-state index in [0.29, 0.717) is 25.3 Å². The summed E-state index contributed by atoms with van der Waals surface area (Å²) in [4.78, 5) is 14.3. The molecule has 1 aromatic heterocycles. The molecular weight excluding hydrogens is 370 g/mol. The molecule has 0 bridgehead atoms. The van der Waals surface area contributed by atoms with Crippen molar-refractivity contribution in [3.63, 3.8) is 0 Å². The molecular formula is C21H33N5O3. The van der Waals surface area contributed by atoms with Gasteiger partial charge in [0.05, 0.1) is 35.7 Å². The van der Waals surface area contributed by atoms with Gasteiger partial charge in [0.15, 0.2) is 0 Å². The zero-order valence-corrected chi connectivity index (χ0v) is 17.8. The molecule has 0 spiro atoms. The van der Waals surface area contributed by atoms with E-state index >= 15 is 0 Å². The predicted octanol–water partition coefficient (Wildman–Crippen LogP) is 3.20. The van der Waals surface area contributed by atoms with Crippen molar-refractivity contribution in [2.45, 2.75) is 71.2 Å². The highest BCUT2D eigenvalue weighted by atomic mass is 16.6. The van der Waals surface area contributed by atoms with E-state index in [1.807, 2.05) is 32.9 Å². The number of anilines is 2. The number of benzene rings is 1. The standard InChI is InChI=1S/C21H33N5O3/c1-14(27)12-26-18-9-8-17(22)19(16(18)11-23-26)24-15-7-5-6-10-25(13-15)20(28)29-21(2,3)4/h8-9,11,14-15,24,27H,5-7,10,12-13,22H2,1-4H3/t14-,15-/m1/s1. The summed E-state index contributed by atoms with van der Waals surface area (Å²) in [6.45, 7) is 9.05. The van der Waals surface area contributed by atoms with Crippen LogP contribution in [0.5, 0.6) is 0 Å². The van der Waals surface area contributed by atoms with Crippen molar-refractivity contribution in [2.24, 2.45) is 0 Å². The monoisotopic (exact) mass is 403 g/mol. The Kier molecular flexibility index (Phi) is 6.21. The number of likely N-dealkylation sites (tertiary alicyclic amines) is 1. The number of amides is 1. The van der Waals surface area contributed by atoms with Crippen LogP contribution in [0.15, 0.2) is 18.3 Å². The lowest BCUT2D eigenvalue weighted by atomic mass is 10.1. The molecule has 1 aromatic carbocycles. The fraction of sp³-hybridized carbons (Fsp3) is 0.619. The van der Waals surface area contributed by atoms with Crippen LogP contribution in [0.25, 0.3) is 10.9 Å². The topological polar surface area (TPSA) is 106 Å². The summed E-state index contributed by atoms with van der Waals surface area (Å²) in [5.41, 5.74) is 8.15. The van der Waals surface area contributed by atoms with Crippen molar-refractivity contribution < 1.29 is 14.6 Å². The first kappa shape index (κ1) is 21.2. The lowest BCUT2D eigenvalue weighted by Crippen LogP contribution is -2.42. The molecule has 1 saturated heterocycles. The normalized spacial score (nSPS) is 19.1. The van der Waals surface area contributed by atoms with Gasteiger partial charge in [0.25, 0.3) is 0 Å². The molecule has 8 heteroatoms. The summed E-state index contributed by atoms with van der Waals surface area (Å²) in [6, 6.07) is 3.84. The van der Waals surface area contributed by atoms with Gasteiger partial charge in [-0.2, -0.15) is 5.10 Å². The van der Waals surface area contributed by atoms with Crippen LogP contribution in [0.1, 0.15) is 47.0 Å². The van der Waals surface area contributed by atoms with Gasteiger partial charge in [-0.15, -0.1) is 0 Å². The number of ether oxygens (including phenoxy) is 1. The number of carbonyl (C=O) groups is 1. The molecule has 1 amide bonds. The van der Waals surface area contributed by atoms with Crippen LogP contribution < -0.4 is 11.1 Å². The molecule has 0 unspecified atom stereocenters. The van der Waals surface area contributed by atoms with Gasteiger partial charge in [0, 0.05) is 24.5 Å². The van der Waals surface area contributed by atoms with Gasteiger partial charge >= 0.3 is 6.09 Å². The Morgan fingerprint density at radius 3 is 2.86 bits per heavy atom. The first-order valence-corrected chi connectivity index (χ1v) is 10.3. The average Bonchev–Trinajstić information content (AvgIpc) is 2.85. The van der Waals surface area contributed by atoms with Crippen LogP contribution >= 0.6 is 0 Å². The Balaban J connectivity index is 1.81. The number of carbonyl (C=O) groups excluding carboxylic acids is 1. The number of aromatic nitrogens is 2. The van der Waals surface area contributed by atoms with Gasteiger partial charge in [0.2, 0.25) is 0 Å². The Bertz CT molecular complexity index is 856. The summed E-state index contributed by atoms with van der Waals surface area (Å²) in [5.74, 6) is 0. The number of fused-ring (bicyclic) bond motifs is 1. The van der Waals surface area contributed by atoms with Crippen LogP contribution in [0, 0.1) is 0 Å². The van der Waals surface area contributed by atoms with Gasteiger partial charge in [-0.3, -0.25) is 4.68 Å². The molecule has 2 atom stereocenters. The summed E-state index contributed by atoms with van der Waals surface area (Å²) in [6.07, 6.45) is 3.92. The molecule has 0 aliphatic carbocycles. The number of hydrogen-bond donors (Lipinski definition) is 3. The van der Waals surface area contributed by atoms with Gasteiger partial charge in [-0.1, -0.05) is 0 Å². The Morgan fingerprint density at radius 1 is 1.41 bits per heavy atom. The highest BCUT2D eigenvalue weighted by molar-refractivity contribution is 5.97. The van der Waals surface area contributed by atoms with Crippen LogP contribution in [0.2, 0.25) is 0 Å². The third kappa shape index (κ3) is 5.32. The molecule has 2 heterocycles. The lowest BCUT2D eigenvalue weighted by Gasteiger charge is -2.29. The highest BCUT2D eigenvalue weighted by Crippen LogP contribution is 2.31. The SMILES string of the molecule is C[C@@H](O)Cn1ncc2c(N[C@@H]3CCCCN(C(=O)OC(C)(C)C)C3)c(N)ccc21. The zero-order valence-electron chi connectivity index (χ0n) is 17.8. The number of nitrogen functional groups attached to an aromatic ring is 1. The van der Waals surface area contributed by atoms with E-state index in [2.05, 4.69) is 10.4 Å². The van der Waals surface area contributed by atoms with E-state index in [4.69, 9.17) is 10.5 Å². The maximum absolute atomic E-state index is 12.6. The van der Waals surface area contributed by atoms with Crippen molar-refractivity contribution in [1.82, 2.24) is 14.7 Å². The minimum absolute atomic E-state index is 0.0676. The minimum Gasteiger partial charge on any atom is -0.444 e. The number of rotatable bonds is 4. The van der Waals surface area contributed by atoms with E-state index < -0.39 is 11.7 Å². The third-order valence-corrected chi connectivity index (χ3v) is 4.97. The highest BCUT2D eigenvalue weighted by Gasteiger charge is 2.27. The molecule has 1 fully saturated rings. The second-order valence-electron chi connectivity index (χ2n) is 8.90. The summed E-state index contributed by atoms with van der Waals surface area (Å²) in [7, 11) is 0. The third-order valence-electron chi connectivity index (χ3n) is 4.97. The van der Waals surface area contributed by atoms with Crippen LogP contribution in [-0.4, -0.2) is 56.7 Å². The molecule has 3 rings (SSSR count). The fourth-order valence-electron chi connectivity index (χ4n) is 3.68. The van der Waals surface area contributed by atoms with Gasteiger partial charge in [0.1, 0.15) is 5.60 Å². The first-order chi connectivity index (χ1) is 13.6. The molecule has 2 aromatic rings. The molecule has 0 saturated carbocycles. The Labute approximate surface area is 172 Å². The van der Waals surface area contributed by atoms with E-state index in [9.17, 15) is 9.90 Å². The lowest BCUT2D eigenvalue weighted by molar-refractivity contribution is 0.0252. The first-order valence-electron chi connectivity index (χ1n) is 10.3. The van der Waals surface area contributed by atoms with Crippen molar-refractivity contribution in [1.29, 1.82) is 0 Å². The summed E-state index contributed by atoms with van der Waals surface area (Å²) >= 11 is 0. The number of nitrogens with one attached hydrogen (secondary N) is 1. The Hall–Kier alpha value is -2.48. The number of nitrogens with two attached hydrogens (primary N) is 1. The summed E-state index contributed by atoms with van der Waals surface area (Å²) in [5, 5.41) is 18.6. The number of aliphatic hydroxyl groups excluding tert-OH is 1. The van der Waals surface area contributed by atoms with Gasteiger partial charge in [-0.25, -0.2) is 4.79 Å². The average molecular weight is 404 g/mol. The van der Waals surface area contributed by atoms with Crippen molar-refractivity contribution in [2.75, 3.05) is 24.1 Å². The molecule has 0 radical (unpaired) electrons. The fourth-order valence-corrected chi connectivity index (χ4v) is 3.68. The maximum atomic E-state index is 12.6. The van der Waals surface area contributed by atoms with Crippen LogP contribution in [-0.2, 0) is 11.3 Å². The van der Waals surface area contributed by atoms with E-state index in [1.54, 1.807) is 22.7 Å². The number of hydrogen-bond acceptors (Lipinski definition) is 6. The zero-order chi connectivity index (χ0) is 21.2. The number of aliphatic hydroxyl groups is 1. The van der Waals surface area contributed by atoms with Gasteiger partial charge < -0.3 is 25.8 Å². The molecule has 1 aliphatic rings. The maximum Gasteiger partial charge on any atom is 0.410 e. The van der Waals surface area contributed by atoms with Crippen molar-refractivity contribution >= 4 is 28.4 Å². The predicted molar refractivity (Wildman–Crippen MR) is 115 cm³/mol. The second kappa shape index (κ2) is 8.49. The van der Waals surface area contributed by atoms with E-state index in [-0.39, 0.29) is 12.1 Å². The van der Waals surface area contributed by atoms with Crippen LogP contribution in [0.4, 0.5) is 16.2 Å². The Morgan fingerprint density at radius 2 is 2.17 bits per heavy atom. The van der Waals surface area contributed by atoms with Gasteiger partial charge in [-0.05, 0) is 59.1 Å². The largest absolute Gasteiger partial charge is 0.444 e. The van der Waals surface area contributed by atoms with Crippen molar-refractivity contribution in [3.8, 4) is 0 Å². The molecule has 1 aliphatic heterocycles. The minimum atomic E-state index is -0.513. The van der Waals surface area contributed by atoms with E-state index in [0.717, 1.165) is 35.9 Å². The second-order valence-corrected chi connectivity index (χ2v) is 8.90. The molecule has 29 heavy (non-hydrogen) atoms. The summed E-state index contributed by atoms with van der Waals surface area (Å²) < 4.78 is 7.35. The quantitative estimate of drug-likeness (QED) is 0.677. The smallest absolute Gasteiger partial charge is 0.410 e. The molecule has 160 valence electrons. The van der Waals surface area contributed by atoms with Crippen molar-refractivity contribution in [3.05, 3.63) is 18.3 Å². The van der Waals surface area contributed by atoms with E-state index in [1.165, 1.54) is 0 Å². The molecule has 4 N–H and O–H groups in total. The molecule has 8 nitrogen and oxygen atoms in total. The van der Waals surface area contributed by atoms with Crippen LogP contribution in [0.3, 0.4) is 0 Å².